The summed E-state index contributed by atoms with van der Waals surface area (Å²) in [4.78, 5) is 16.7. The number of rotatable bonds is 2. The van der Waals surface area contributed by atoms with Crippen molar-refractivity contribution < 1.29 is 4.74 Å². The second-order valence-corrected chi connectivity index (χ2v) is 4.36. The molecule has 0 fully saturated rings. The summed E-state index contributed by atoms with van der Waals surface area (Å²) in [7, 11) is 1.60. The molecule has 3 aromatic rings. The van der Waals surface area contributed by atoms with Crippen LogP contribution in [0.4, 0.5) is 0 Å². The van der Waals surface area contributed by atoms with Crippen LogP contribution in [0.5, 0.6) is 5.75 Å². The smallest absolute Gasteiger partial charge is 0.280 e. The highest BCUT2D eigenvalue weighted by molar-refractivity contribution is 5.79. The molecule has 0 radical (unpaired) electrons. The number of fused-ring (bicyclic) bond motifs is 1. The van der Waals surface area contributed by atoms with E-state index in [1.165, 1.54) is 0 Å². The van der Waals surface area contributed by atoms with Gasteiger partial charge in [-0.05, 0) is 36.4 Å². The number of nitrogens with zero attached hydrogens (tertiary/aromatic N) is 2. The lowest BCUT2D eigenvalue weighted by molar-refractivity contribution is 0.415. The first kappa shape index (κ1) is 15.6. The molecule has 114 valence electrons. The van der Waals surface area contributed by atoms with E-state index in [2.05, 4.69) is 4.98 Å². The Morgan fingerprint density at radius 1 is 1.05 bits per heavy atom. The molecule has 5 nitrogen and oxygen atoms in total. The second kappa shape index (κ2) is 6.76. The molecule has 0 bridgehead atoms. The highest BCUT2D eigenvalue weighted by Crippen LogP contribution is 2.20. The maximum absolute atomic E-state index is 12.2. The van der Waals surface area contributed by atoms with Crippen molar-refractivity contribution in [2.45, 2.75) is 13.8 Å². The minimum Gasteiger partial charge on any atom is -0.497 e. The van der Waals surface area contributed by atoms with Crippen LogP contribution in [0.25, 0.3) is 22.3 Å². The van der Waals surface area contributed by atoms with E-state index in [1.54, 1.807) is 37.4 Å². The Morgan fingerprint density at radius 2 is 1.68 bits per heavy atom. The number of aromatic nitrogens is 2. The van der Waals surface area contributed by atoms with E-state index in [-0.39, 0.29) is 5.56 Å². The summed E-state index contributed by atoms with van der Waals surface area (Å²) in [6, 6.07) is 14.4. The van der Waals surface area contributed by atoms with Crippen LogP contribution in [0.1, 0.15) is 13.8 Å². The van der Waals surface area contributed by atoms with Crippen LogP contribution >= 0.6 is 0 Å². The molecule has 0 aliphatic rings. The van der Waals surface area contributed by atoms with Gasteiger partial charge in [0.2, 0.25) is 0 Å². The Balaban J connectivity index is 0.000000847. The first-order valence-electron chi connectivity index (χ1n) is 7.12. The van der Waals surface area contributed by atoms with Gasteiger partial charge in [0.05, 0.1) is 18.0 Å². The Hall–Kier alpha value is -2.82. The van der Waals surface area contributed by atoms with Crippen LogP contribution < -0.4 is 16.1 Å². The summed E-state index contributed by atoms with van der Waals surface area (Å²) in [6.07, 6.45) is 0. The SMILES string of the molecule is CC.COc1ccc(-c2nc3ccccc3c(=O)n2N)cc1. The average molecular weight is 297 g/mol. The van der Waals surface area contributed by atoms with Gasteiger partial charge in [-0.1, -0.05) is 26.0 Å². The van der Waals surface area contributed by atoms with Crippen LogP contribution in [0.3, 0.4) is 0 Å². The van der Waals surface area contributed by atoms with Gasteiger partial charge in [-0.3, -0.25) is 4.79 Å². The van der Waals surface area contributed by atoms with Gasteiger partial charge in [0.1, 0.15) is 5.75 Å². The van der Waals surface area contributed by atoms with E-state index in [4.69, 9.17) is 10.6 Å². The fourth-order valence-electron chi connectivity index (χ4n) is 2.09. The van der Waals surface area contributed by atoms with Crippen LogP contribution in [0, 0.1) is 0 Å². The molecular formula is C17H19N3O2. The van der Waals surface area contributed by atoms with Gasteiger partial charge in [-0.2, -0.15) is 0 Å². The largest absolute Gasteiger partial charge is 0.497 e. The first-order valence-corrected chi connectivity index (χ1v) is 7.12. The predicted molar refractivity (Wildman–Crippen MR) is 89.5 cm³/mol. The fourth-order valence-corrected chi connectivity index (χ4v) is 2.09. The lowest BCUT2D eigenvalue weighted by atomic mass is 10.2. The molecule has 0 saturated carbocycles. The molecular weight excluding hydrogens is 278 g/mol. The van der Waals surface area contributed by atoms with Crippen LogP contribution in [-0.4, -0.2) is 16.8 Å². The summed E-state index contributed by atoms with van der Waals surface area (Å²) in [6.45, 7) is 4.00. The van der Waals surface area contributed by atoms with Gasteiger partial charge in [0.15, 0.2) is 5.82 Å². The van der Waals surface area contributed by atoms with E-state index in [0.717, 1.165) is 16.0 Å². The normalized spacial score (nSPS) is 9.95. The molecule has 0 aliphatic carbocycles. The summed E-state index contributed by atoms with van der Waals surface area (Å²) in [5, 5.41) is 0.507. The lowest BCUT2D eigenvalue weighted by Gasteiger charge is -2.09. The topological polar surface area (TPSA) is 70.1 Å². The van der Waals surface area contributed by atoms with Crippen LogP contribution in [0.2, 0.25) is 0 Å². The second-order valence-electron chi connectivity index (χ2n) is 4.36. The maximum Gasteiger partial charge on any atom is 0.280 e. The van der Waals surface area contributed by atoms with Crippen molar-refractivity contribution in [3.05, 3.63) is 58.9 Å². The summed E-state index contributed by atoms with van der Waals surface area (Å²) in [5.74, 6) is 7.03. The number of hydrogen-bond donors (Lipinski definition) is 1. The van der Waals surface area contributed by atoms with E-state index in [0.29, 0.717) is 16.7 Å². The van der Waals surface area contributed by atoms with Gasteiger partial charge in [-0.25, -0.2) is 9.66 Å². The van der Waals surface area contributed by atoms with Crippen molar-refractivity contribution in [1.29, 1.82) is 0 Å². The molecule has 3 rings (SSSR count). The maximum atomic E-state index is 12.2. The molecule has 1 aromatic heterocycles. The van der Waals surface area contributed by atoms with Crippen molar-refractivity contribution >= 4 is 10.9 Å². The number of ether oxygens (including phenoxy) is 1. The molecule has 0 amide bonds. The van der Waals surface area contributed by atoms with Crippen molar-refractivity contribution in [3.8, 4) is 17.1 Å². The number of nitrogen functional groups attached to an aromatic ring is 1. The zero-order chi connectivity index (χ0) is 16.1. The van der Waals surface area contributed by atoms with E-state index >= 15 is 0 Å². The molecule has 22 heavy (non-hydrogen) atoms. The van der Waals surface area contributed by atoms with Crippen molar-refractivity contribution in [2.75, 3.05) is 13.0 Å². The third-order valence-corrected chi connectivity index (χ3v) is 3.16. The summed E-state index contributed by atoms with van der Waals surface area (Å²) < 4.78 is 6.18. The molecule has 0 atom stereocenters. The Kier molecular flexibility index (Phi) is 4.78. The minimum absolute atomic E-state index is 0.263. The monoisotopic (exact) mass is 297 g/mol. The molecule has 1 heterocycles. The standard InChI is InChI=1S/C15H13N3O2.C2H6/c1-20-11-8-6-10(7-9-11)14-17-13-5-3-2-4-12(13)15(19)18(14)16;1-2/h2-9H,16H2,1H3;1-2H3. The lowest BCUT2D eigenvalue weighted by Crippen LogP contribution is -2.29. The number of methoxy groups -OCH3 is 1. The highest BCUT2D eigenvalue weighted by atomic mass is 16.5. The van der Waals surface area contributed by atoms with E-state index in [1.807, 2.05) is 32.0 Å². The molecule has 2 aromatic carbocycles. The van der Waals surface area contributed by atoms with E-state index < -0.39 is 0 Å². The first-order chi connectivity index (χ1) is 10.7. The van der Waals surface area contributed by atoms with Crippen molar-refractivity contribution in [3.63, 3.8) is 0 Å². The van der Waals surface area contributed by atoms with Gasteiger partial charge < -0.3 is 10.6 Å². The Labute approximate surface area is 129 Å². The van der Waals surface area contributed by atoms with Crippen molar-refractivity contribution in [2.24, 2.45) is 0 Å². The van der Waals surface area contributed by atoms with Gasteiger partial charge in [-0.15, -0.1) is 0 Å². The van der Waals surface area contributed by atoms with Crippen LogP contribution in [-0.2, 0) is 0 Å². The van der Waals surface area contributed by atoms with Crippen molar-refractivity contribution in [1.82, 2.24) is 9.66 Å². The number of benzene rings is 2. The Bertz CT molecular complexity index is 823. The molecule has 2 N–H and O–H groups in total. The molecule has 5 heteroatoms. The van der Waals surface area contributed by atoms with E-state index in [9.17, 15) is 4.79 Å². The Morgan fingerprint density at radius 3 is 2.32 bits per heavy atom. The highest BCUT2D eigenvalue weighted by Gasteiger charge is 2.10. The van der Waals surface area contributed by atoms with Gasteiger partial charge in [0.25, 0.3) is 5.56 Å². The third-order valence-electron chi connectivity index (χ3n) is 3.16. The third kappa shape index (κ3) is 2.79. The fraction of sp³-hybridized carbons (Fsp3) is 0.176. The minimum atomic E-state index is -0.263. The quantitative estimate of drug-likeness (QED) is 0.738. The summed E-state index contributed by atoms with van der Waals surface area (Å²) >= 11 is 0. The molecule has 0 aliphatic heterocycles. The average Bonchev–Trinajstić information content (AvgIpc) is 2.60. The van der Waals surface area contributed by atoms with Gasteiger partial charge in [0, 0.05) is 5.56 Å². The molecule has 0 unspecified atom stereocenters. The number of para-hydroxylation sites is 1. The summed E-state index contributed by atoms with van der Waals surface area (Å²) in [5.41, 5.74) is 1.13. The molecule has 0 saturated heterocycles. The van der Waals surface area contributed by atoms with Gasteiger partial charge >= 0.3 is 0 Å². The molecule has 0 spiro atoms. The number of hydrogen-bond acceptors (Lipinski definition) is 4. The predicted octanol–water partition coefficient (Wildman–Crippen LogP) is 2.81. The zero-order valence-electron chi connectivity index (χ0n) is 12.9. The number of nitrogens with two attached hydrogens (primary N) is 1. The van der Waals surface area contributed by atoms with Crippen LogP contribution in [0.15, 0.2) is 53.3 Å². The zero-order valence-corrected chi connectivity index (χ0v) is 12.9.